The second-order valence-electron chi connectivity index (χ2n) is 6.28. The maximum atomic E-state index is 2.55. The summed E-state index contributed by atoms with van der Waals surface area (Å²) < 4.78 is 0. The SMILES string of the molecule is CCC(C)(CCC(C)C)C1CCCCC1. The van der Waals surface area contributed by atoms with E-state index in [0.717, 1.165) is 11.8 Å². The van der Waals surface area contributed by atoms with Crippen LogP contribution in [0.2, 0.25) is 0 Å². The van der Waals surface area contributed by atoms with Crippen molar-refractivity contribution >= 4 is 0 Å². The van der Waals surface area contributed by atoms with Crippen molar-refractivity contribution < 1.29 is 0 Å². The fourth-order valence-electron chi connectivity index (χ4n) is 3.09. The second kappa shape index (κ2) is 5.92. The zero-order chi connectivity index (χ0) is 11.3. The minimum atomic E-state index is 0.644. The summed E-state index contributed by atoms with van der Waals surface area (Å²) in [7, 11) is 0. The van der Waals surface area contributed by atoms with Gasteiger partial charge in [-0.15, -0.1) is 0 Å². The highest BCUT2D eigenvalue weighted by Gasteiger charge is 2.32. The van der Waals surface area contributed by atoms with Gasteiger partial charge in [-0.2, -0.15) is 0 Å². The van der Waals surface area contributed by atoms with Gasteiger partial charge in [-0.25, -0.2) is 0 Å². The summed E-state index contributed by atoms with van der Waals surface area (Å²) in [6.45, 7) is 9.66. The van der Waals surface area contributed by atoms with Gasteiger partial charge in [-0.3, -0.25) is 0 Å². The third kappa shape index (κ3) is 3.81. The van der Waals surface area contributed by atoms with Crippen LogP contribution in [0.3, 0.4) is 0 Å². The normalized spacial score (nSPS) is 23.0. The molecule has 0 radical (unpaired) electrons. The molecule has 1 aliphatic carbocycles. The molecule has 1 atom stereocenters. The van der Waals surface area contributed by atoms with Crippen LogP contribution in [0.15, 0.2) is 0 Å². The monoisotopic (exact) mass is 210 g/mol. The Morgan fingerprint density at radius 1 is 1.13 bits per heavy atom. The topological polar surface area (TPSA) is 0 Å². The predicted molar refractivity (Wildman–Crippen MR) is 69.0 cm³/mol. The van der Waals surface area contributed by atoms with Gasteiger partial charge >= 0.3 is 0 Å². The van der Waals surface area contributed by atoms with E-state index in [2.05, 4.69) is 27.7 Å². The van der Waals surface area contributed by atoms with E-state index in [9.17, 15) is 0 Å². The summed E-state index contributed by atoms with van der Waals surface area (Å²) in [5, 5.41) is 0. The van der Waals surface area contributed by atoms with Gasteiger partial charge in [0.15, 0.2) is 0 Å². The Kier molecular flexibility index (Phi) is 5.15. The summed E-state index contributed by atoms with van der Waals surface area (Å²) in [5.74, 6) is 1.90. The molecule has 1 unspecified atom stereocenters. The van der Waals surface area contributed by atoms with Crippen molar-refractivity contribution in [3.8, 4) is 0 Å². The molecule has 0 heterocycles. The minimum Gasteiger partial charge on any atom is -0.0649 e. The molecule has 1 saturated carbocycles. The quantitative estimate of drug-likeness (QED) is 0.568. The highest BCUT2D eigenvalue weighted by molar-refractivity contribution is 4.83. The summed E-state index contributed by atoms with van der Waals surface area (Å²) in [4.78, 5) is 0. The van der Waals surface area contributed by atoms with E-state index in [4.69, 9.17) is 0 Å². The van der Waals surface area contributed by atoms with Crippen LogP contribution < -0.4 is 0 Å². The fraction of sp³-hybridized carbons (Fsp3) is 1.00. The van der Waals surface area contributed by atoms with Gasteiger partial charge in [0.25, 0.3) is 0 Å². The average molecular weight is 210 g/mol. The maximum Gasteiger partial charge on any atom is -0.0300 e. The van der Waals surface area contributed by atoms with Crippen LogP contribution in [0.25, 0.3) is 0 Å². The van der Waals surface area contributed by atoms with Gasteiger partial charge in [0.1, 0.15) is 0 Å². The molecule has 1 rings (SSSR count). The van der Waals surface area contributed by atoms with Gasteiger partial charge in [0.2, 0.25) is 0 Å². The zero-order valence-electron chi connectivity index (χ0n) is 11.3. The van der Waals surface area contributed by atoms with Gasteiger partial charge < -0.3 is 0 Å². The molecule has 0 aromatic rings. The Balaban J connectivity index is 2.49. The molecular formula is C15H30. The van der Waals surface area contributed by atoms with Crippen molar-refractivity contribution in [2.24, 2.45) is 17.3 Å². The maximum absolute atomic E-state index is 2.55. The van der Waals surface area contributed by atoms with Crippen LogP contribution in [0.1, 0.15) is 79.1 Å². The van der Waals surface area contributed by atoms with E-state index in [0.29, 0.717) is 5.41 Å². The van der Waals surface area contributed by atoms with Crippen LogP contribution in [-0.4, -0.2) is 0 Å². The Bertz CT molecular complexity index is 165. The second-order valence-corrected chi connectivity index (χ2v) is 6.28. The zero-order valence-corrected chi connectivity index (χ0v) is 11.3. The van der Waals surface area contributed by atoms with Gasteiger partial charge in [-0.05, 0) is 36.5 Å². The van der Waals surface area contributed by atoms with E-state index in [-0.39, 0.29) is 0 Å². The molecule has 0 saturated heterocycles. The molecule has 0 nitrogen and oxygen atoms in total. The summed E-state index contributed by atoms with van der Waals surface area (Å²) in [5.41, 5.74) is 0.644. The van der Waals surface area contributed by atoms with Crippen LogP contribution in [0.5, 0.6) is 0 Å². The van der Waals surface area contributed by atoms with Gasteiger partial charge in [0.05, 0.1) is 0 Å². The van der Waals surface area contributed by atoms with E-state index in [1.165, 1.54) is 51.4 Å². The van der Waals surface area contributed by atoms with E-state index >= 15 is 0 Å². The molecule has 0 aromatic heterocycles. The number of rotatable bonds is 5. The Labute approximate surface area is 96.8 Å². The molecule has 1 fully saturated rings. The summed E-state index contributed by atoms with van der Waals surface area (Å²) in [6.07, 6.45) is 11.7. The summed E-state index contributed by atoms with van der Waals surface area (Å²) in [6, 6.07) is 0. The third-order valence-electron chi connectivity index (χ3n) is 4.69. The lowest BCUT2D eigenvalue weighted by Gasteiger charge is -2.40. The smallest absolute Gasteiger partial charge is 0.0300 e. The van der Waals surface area contributed by atoms with Crippen LogP contribution in [0, 0.1) is 17.3 Å². The molecule has 90 valence electrons. The molecule has 0 N–H and O–H groups in total. The van der Waals surface area contributed by atoms with Crippen molar-refractivity contribution in [3.63, 3.8) is 0 Å². The highest BCUT2D eigenvalue weighted by Crippen LogP contribution is 2.44. The minimum absolute atomic E-state index is 0.644. The first-order valence-corrected chi connectivity index (χ1v) is 7.08. The van der Waals surface area contributed by atoms with Crippen LogP contribution in [-0.2, 0) is 0 Å². The molecule has 15 heavy (non-hydrogen) atoms. The van der Waals surface area contributed by atoms with Crippen LogP contribution >= 0.6 is 0 Å². The number of hydrogen-bond acceptors (Lipinski definition) is 0. The van der Waals surface area contributed by atoms with E-state index in [1.807, 2.05) is 0 Å². The average Bonchev–Trinajstić information content (AvgIpc) is 2.27. The molecular weight excluding hydrogens is 180 g/mol. The number of hydrogen-bond donors (Lipinski definition) is 0. The highest BCUT2D eigenvalue weighted by atomic mass is 14.4. The fourth-order valence-corrected chi connectivity index (χ4v) is 3.09. The molecule has 0 amide bonds. The molecule has 0 aliphatic heterocycles. The first-order chi connectivity index (χ1) is 7.08. The predicted octanol–water partition coefficient (Wildman–Crippen LogP) is 5.42. The molecule has 1 aliphatic rings. The van der Waals surface area contributed by atoms with Gasteiger partial charge in [0, 0.05) is 0 Å². The summed E-state index contributed by atoms with van der Waals surface area (Å²) >= 11 is 0. The van der Waals surface area contributed by atoms with Crippen molar-refractivity contribution in [2.45, 2.75) is 79.1 Å². The lowest BCUT2D eigenvalue weighted by atomic mass is 9.66. The molecule has 0 aromatic carbocycles. The Morgan fingerprint density at radius 2 is 1.73 bits per heavy atom. The standard InChI is InChI=1S/C15H30/c1-5-15(4,12-11-13(2)3)14-9-7-6-8-10-14/h13-14H,5-12H2,1-4H3. The van der Waals surface area contributed by atoms with Crippen molar-refractivity contribution in [1.29, 1.82) is 0 Å². The molecule has 0 heteroatoms. The van der Waals surface area contributed by atoms with Crippen molar-refractivity contribution in [2.75, 3.05) is 0 Å². The Hall–Kier alpha value is 0. The molecule has 0 bridgehead atoms. The van der Waals surface area contributed by atoms with Crippen molar-refractivity contribution in [1.82, 2.24) is 0 Å². The molecule has 0 spiro atoms. The largest absolute Gasteiger partial charge is 0.0649 e. The third-order valence-corrected chi connectivity index (χ3v) is 4.69. The van der Waals surface area contributed by atoms with Crippen molar-refractivity contribution in [3.05, 3.63) is 0 Å². The van der Waals surface area contributed by atoms with E-state index < -0.39 is 0 Å². The lowest BCUT2D eigenvalue weighted by Crippen LogP contribution is -2.29. The van der Waals surface area contributed by atoms with Crippen LogP contribution in [0.4, 0.5) is 0 Å². The first-order valence-electron chi connectivity index (χ1n) is 7.08. The lowest BCUT2D eigenvalue weighted by molar-refractivity contribution is 0.111. The van der Waals surface area contributed by atoms with E-state index in [1.54, 1.807) is 0 Å². The van der Waals surface area contributed by atoms with Gasteiger partial charge in [-0.1, -0.05) is 59.8 Å². The Morgan fingerprint density at radius 3 is 2.20 bits per heavy atom. The first kappa shape index (κ1) is 13.1.